The van der Waals surface area contributed by atoms with Crippen LogP contribution in [-0.2, 0) is 11.3 Å². The van der Waals surface area contributed by atoms with Crippen LogP contribution in [0.4, 0.5) is 0 Å². The van der Waals surface area contributed by atoms with Gasteiger partial charge in [0.1, 0.15) is 11.5 Å². The first-order valence-electron chi connectivity index (χ1n) is 9.99. The van der Waals surface area contributed by atoms with E-state index in [1.54, 1.807) is 18.1 Å². The van der Waals surface area contributed by atoms with Crippen molar-refractivity contribution in [2.45, 2.75) is 13.5 Å². The first-order chi connectivity index (χ1) is 14.6. The molecule has 0 N–H and O–H groups in total. The number of benzene rings is 3. The molecule has 4 nitrogen and oxygen atoms in total. The molecule has 0 radical (unpaired) electrons. The van der Waals surface area contributed by atoms with Gasteiger partial charge < -0.3 is 14.4 Å². The Bertz CT molecular complexity index is 977. The first kappa shape index (κ1) is 21.2. The predicted octanol–water partition coefficient (Wildman–Crippen LogP) is 5.18. The van der Waals surface area contributed by atoms with Crippen molar-refractivity contribution in [3.05, 3.63) is 102 Å². The third kappa shape index (κ3) is 5.51. The number of methoxy groups -OCH3 is 1. The quantitative estimate of drug-likeness (QED) is 0.488. The molecule has 0 aromatic heterocycles. The van der Waals surface area contributed by atoms with Gasteiger partial charge in [-0.15, -0.1) is 0 Å². The van der Waals surface area contributed by atoms with Crippen LogP contribution in [0, 0.1) is 0 Å². The van der Waals surface area contributed by atoms with E-state index in [2.05, 4.69) is 0 Å². The van der Waals surface area contributed by atoms with Gasteiger partial charge in [0.15, 0.2) is 0 Å². The largest absolute Gasteiger partial charge is 0.497 e. The molecule has 0 aliphatic heterocycles. The number of hydrogen-bond donors (Lipinski definition) is 0. The summed E-state index contributed by atoms with van der Waals surface area (Å²) in [5.74, 6) is 1.53. The summed E-state index contributed by atoms with van der Waals surface area (Å²) in [4.78, 5) is 14.7. The highest BCUT2D eigenvalue weighted by Crippen LogP contribution is 2.27. The minimum absolute atomic E-state index is 0.0569. The van der Waals surface area contributed by atoms with Gasteiger partial charge in [-0.3, -0.25) is 4.79 Å². The van der Waals surface area contributed by atoms with E-state index in [1.807, 2.05) is 92.8 Å². The van der Waals surface area contributed by atoms with Gasteiger partial charge in [-0.05, 0) is 53.5 Å². The van der Waals surface area contributed by atoms with Gasteiger partial charge in [-0.25, -0.2) is 0 Å². The molecule has 3 aromatic rings. The third-order valence-electron chi connectivity index (χ3n) is 4.78. The summed E-state index contributed by atoms with van der Waals surface area (Å²) in [6.45, 7) is 3.12. The lowest BCUT2D eigenvalue weighted by atomic mass is 9.97. The molecular weight excluding hydrogens is 374 g/mol. The van der Waals surface area contributed by atoms with Crippen molar-refractivity contribution >= 4 is 11.5 Å². The van der Waals surface area contributed by atoms with Gasteiger partial charge in [0.2, 0.25) is 5.91 Å². The summed E-state index contributed by atoms with van der Waals surface area (Å²) in [6, 6.07) is 25.5. The van der Waals surface area contributed by atoms with E-state index in [0.717, 1.165) is 33.8 Å². The Hall–Kier alpha value is -3.53. The fraction of sp³-hybridized carbons (Fsp3) is 0.192. The summed E-state index contributed by atoms with van der Waals surface area (Å²) in [6.07, 6.45) is 1.69. The zero-order chi connectivity index (χ0) is 21.3. The molecule has 0 fully saturated rings. The Kier molecular flexibility index (Phi) is 7.28. The lowest BCUT2D eigenvalue weighted by Gasteiger charge is -2.17. The number of carbonyl (C=O) groups excluding carboxylic acids is 1. The highest BCUT2D eigenvalue weighted by molar-refractivity contribution is 5.99. The summed E-state index contributed by atoms with van der Waals surface area (Å²) in [5.41, 5.74) is 3.84. The van der Waals surface area contributed by atoms with E-state index >= 15 is 0 Å². The molecule has 0 atom stereocenters. The minimum atomic E-state index is -0.0569. The molecule has 154 valence electrons. The second kappa shape index (κ2) is 10.3. The second-order valence-electron chi connectivity index (χ2n) is 6.92. The Morgan fingerprint density at radius 1 is 0.867 bits per heavy atom. The van der Waals surface area contributed by atoms with Crippen molar-refractivity contribution in [3.63, 3.8) is 0 Å². The van der Waals surface area contributed by atoms with Crippen LogP contribution in [0.15, 0.2) is 84.9 Å². The lowest BCUT2D eigenvalue weighted by molar-refractivity contribution is -0.125. The van der Waals surface area contributed by atoms with Crippen LogP contribution >= 0.6 is 0 Å². The number of likely N-dealkylation sites (N-methyl/N-ethyl adjacent to an activating group) is 1. The maximum absolute atomic E-state index is 13.0. The van der Waals surface area contributed by atoms with Crippen molar-refractivity contribution in [1.29, 1.82) is 0 Å². The van der Waals surface area contributed by atoms with Gasteiger partial charge in [-0.2, -0.15) is 0 Å². The maximum Gasteiger partial charge on any atom is 0.247 e. The van der Waals surface area contributed by atoms with Gasteiger partial charge in [-0.1, -0.05) is 54.6 Å². The smallest absolute Gasteiger partial charge is 0.247 e. The number of nitrogens with zero attached hydrogens (tertiary/aromatic N) is 1. The maximum atomic E-state index is 13.0. The van der Waals surface area contributed by atoms with E-state index in [9.17, 15) is 4.79 Å². The summed E-state index contributed by atoms with van der Waals surface area (Å²) >= 11 is 0. The zero-order valence-electron chi connectivity index (χ0n) is 17.7. The lowest BCUT2D eigenvalue weighted by Crippen LogP contribution is -2.24. The molecule has 4 heteroatoms. The normalized spacial score (nSPS) is 11.1. The van der Waals surface area contributed by atoms with Gasteiger partial charge in [0.25, 0.3) is 0 Å². The SMILES string of the molecule is CCOc1ccc(/C(=C\C(=O)N(C)Cc2ccccc2)c2ccc(OC)cc2)cc1. The van der Waals surface area contributed by atoms with Crippen LogP contribution in [0.25, 0.3) is 5.57 Å². The zero-order valence-corrected chi connectivity index (χ0v) is 17.7. The molecule has 0 bridgehead atoms. The highest BCUT2D eigenvalue weighted by Gasteiger charge is 2.12. The standard InChI is InChI=1S/C26H27NO3/c1-4-30-24-16-12-22(13-17-24)25(21-10-14-23(29-3)15-11-21)18-26(28)27(2)19-20-8-6-5-7-9-20/h5-18H,4,19H2,1-3H3/b25-18-. The number of rotatable bonds is 8. The summed E-state index contributed by atoms with van der Waals surface area (Å²) in [7, 11) is 3.45. The van der Waals surface area contributed by atoms with Crippen LogP contribution in [0.2, 0.25) is 0 Å². The minimum Gasteiger partial charge on any atom is -0.497 e. The molecule has 30 heavy (non-hydrogen) atoms. The van der Waals surface area contributed by atoms with E-state index < -0.39 is 0 Å². The monoisotopic (exact) mass is 401 g/mol. The Labute approximate surface area is 178 Å². The van der Waals surface area contributed by atoms with Crippen molar-refractivity contribution < 1.29 is 14.3 Å². The van der Waals surface area contributed by atoms with Crippen LogP contribution in [-0.4, -0.2) is 31.6 Å². The molecule has 0 saturated heterocycles. The Morgan fingerprint density at radius 2 is 1.43 bits per heavy atom. The van der Waals surface area contributed by atoms with Crippen LogP contribution in [0.3, 0.4) is 0 Å². The van der Waals surface area contributed by atoms with Gasteiger partial charge in [0, 0.05) is 19.7 Å². The van der Waals surface area contributed by atoms with Crippen LogP contribution in [0.5, 0.6) is 11.5 Å². The highest BCUT2D eigenvalue weighted by atomic mass is 16.5. The number of carbonyl (C=O) groups is 1. The Balaban J connectivity index is 1.91. The van der Waals surface area contributed by atoms with Crippen molar-refractivity contribution in [1.82, 2.24) is 4.90 Å². The molecule has 0 spiro atoms. The molecule has 1 amide bonds. The van der Waals surface area contributed by atoms with E-state index in [4.69, 9.17) is 9.47 Å². The average molecular weight is 402 g/mol. The summed E-state index contributed by atoms with van der Waals surface area (Å²) < 4.78 is 10.8. The summed E-state index contributed by atoms with van der Waals surface area (Å²) in [5, 5.41) is 0. The van der Waals surface area contributed by atoms with E-state index in [1.165, 1.54) is 0 Å². The van der Waals surface area contributed by atoms with E-state index in [-0.39, 0.29) is 5.91 Å². The molecule has 0 aliphatic rings. The molecule has 0 saturated carbocycles. The Morgan fingerprint density at radius 3 is 1.97 bits per heavy atom. The number of hydrogen-bond acceptors (Lipinski definition) is 3. The second-order valence-corrected chi connectivity index (χ2v) is 6.92. The molecule has 0 aliphatic carbocycles. The molecule has 0 heterocycles. The predicted molar refractivity (Wildman–Crippen MR) is 121 cm³/mol. The average Bonchev–Trinajstić information content (AvgIpc) is 2.79. The van der Waals surface area contributed by atoms with Crippen molar-refractivity contribution in [2.24, 2.45) is 0 Å². The number of amides is 1. The van der Waals surface area contributed by atoms with Crippen molar-refractivity contribution in [2.75, 3.05) is 20.8 Å². The number of ether oxygens (including phenoxy) is 2. The van der Waals surface area contributed by atoms with Gasteiger partial charge >= 0.3 is 0 Å². The van der Waals surface area contributed by atoms with Crippen LogP contribution in [0.1, 0.15) is 23.6 Å². The topological polar surface area (TPSA) is 38.8 Å². The fourth-order valence-electron chi connectivity index (χ4n) is 3.17. The van der Waals surface area contributed by atoms with Gasteiger partial charge in [0.05, 0.1) is 13.7 Å². The molecule has 3 aromatic carbocycles. The molecule has 0 unspecified atom stereocenters. The van der Waals surface area contributed by atoms with E-state index in [0.29, 0.717) is 13.2 Å². The molecular formula is C26H27NO3. The third-order valence-corrected chi connectivity index (χ3v) is 4.78. The fourth-order valence-corrected chi connectivity index (χ4v) is 3.17. The van der Waals surface area contributed by atoms with Crippen LogP contribution < -0.4 is 9.47 Å². The first-order valence-corrected chi connectivity index (χ1v) is 9.99. The van der Waals surface area contributed by atoms with Crippen molar-refractivity contribution in [3.8, 4) is 11.5 Å². The molecule has 3 rings (SSSR count).